The molecule has 0 radical (unpaired) electrons. The summed E-state index contributed by atoms with van der Waals surface area (Å²) in [5, 5.41) is 0. The van der Waals surface area contributed by atoms with Crippen molar-refractivity contribution in [1.82, 2.24) is 15.0 Å². The smallest absolute Gasteiger partial charge is 0.223 e. The van der Waals surface area contributed by atoms with Crippen LogP contribution in [0, 0.1) is 0 Å². The van der Waals surface area contributed by atoms with E-state index in [0.717, 1.165) is 25.1 Å². The third-order valence-electron chi connectivity index (χ3n) is 4.00. The Balaban J connectivity index is 2.34. The lowest BCUT2D eigenvalue weighted by atomic mass is 10.0. The quantitative estimate of drug-likeness (QED) is 0.885. The highest BCUT2D eigenvalue weighted by Crippen LogP contribution is 2.34. The van der Waals surface area contributed by atoms with Crippen molar-refractivity contribution in [3.8, 4) is 0 Å². The third-order valence-corrected chi connectivity index (χ3v) is 4.00. The van der Waals surface area contributed by atoms with E-state index < -0.39 is 5.60 Å². The zero-order valence-electron chi connectivity index (χ0n) is 12.1. The number of hydrogen-bond donors (Lipinski definition) is 1. The molecular weight excluding hydrogens is 240 g/mol. The lowest BCUT2D eigenvalue weighted by molar-refractivity contribution is -0.0393. The Morgan fingerprint density at radius 3 is 2.47 bits per heavy atom. The number of nitrogens with zero attached hydrogens (tertiary/aromatic N) is 3. The van der Waals surface area contributed by atoms with E-state index in [9.17, 15) is 0 Å². The fourth-order valence-corrected chi connectivity index (χ4v) is 2.66. The number of nitrogen functional groups attached to an aromatic ring is 1. The molecule has 0 bridgehead atoms. The van der Waals surface area contributed by atoms with Crippen molar-refractivity contribution >= 4 is 5.95 Å². The second kappa shape index (κ2) is 5.82. The number of anilines is 1. The van der Waals surface area contributed by atoms with Crippen molar-refractivity contribution < 1.29 is 4.74 Å². The van der Waals surface area contributed by atoms with Gasteiger partial charge in [-0.1, -0.05) is 19.8 Å². The summed E-state index contributed by atoms with van der Waals surface area (Å²) in [5.41, 5.74) is 5.38. The van der Waals surface area contributed by atoms with Crippen LogP contribution in [-0.4, -0.2) is 21.6 Å². The molecule has 1 heterocycles. The third kappa shape index (κ3) is 3.03. The first-order valence-corrected chi connectivity index (χ1v) is 7.25. The largest absolute Gasteiger partial charge is 0.368 e. The zero-order valence-corrected chi connectivity index (χ0v) is 12.1. The first-order chi connectivity index (χ1) is 9.09. The molecule has 2 N–H and O–H groups in total. The molecule has 1 aromatic heterocycles. The maximum absolute atomic E-state index is 5.86. The highest BCUT2D eigenvalue weighted by molar-refractivity contribution is 5.20. The molecule has 0 aromatic carbocycles. The second-order valence-electron chi connectivity index (χ2n) is 5.37. The van der Waals surface area contributed by atoms with Gasteiger partial charge in [-0.05, 0) is 33.1 Å². The van der Waals surface area contributed by atoms with Crippen LogP contribution in [-0.2, 0) is 10.3 Å². The van der Waals surface area contributed by atoms with Gasteiger partial charge in [0.1, 0.15) is 11.4 Å². The minimum absolute atomic E-state index is 0.311. The van der Waals surface area contributed by atoms with Gasteiger partial charge in [-0.15, -0.1) is 0 Å². The summed E-state index contributed by atoms with van der Waals surface area (Å²) < 4.78 is 5.83. The van der Waals surface area contributed by atoms with Crippen LogP contribution in [0.25, 0.3) is 0 Å². The summed E-state index contributed by atoms with van der Waals surface area (Å²) in [7, 11) is 0. The summed E-state index contributed by atoms with van der Waals surface area (Å²) >= 11 is 0. The first-order valence-electron chi connectivity index (χ1n) is 7.25. The topological polar surface area (TPSA) is 73.9 Å². The van der Waals surface area contributed by atoms with Crippen LogP contribution in [0.15, 0.2) is 0 Å². The number of hydrogen-bond acceptors (Lipinski definition) is 5. The monoisotopic (exact) mass is 264 g/mol. The van der Waals surface area contributed by atoms with Crippen molar-refractivity contribution in [2.75, 3.05) is 12.3 Å². The Morgan fingerprint density at radius 1 is 1.21 bits per heavy atom. The van der Waals surface area contributed by atoms with Crippen molar-refractivity contribution in [1.29, 1.82) is 0 Å². The molecule has 1 fully saturated rings. The zero-order chi connectivity index (χ0) is 13.9. The number of aromatic nitrogens is 3. The molecule has 2 rings (SSSR count). The number of rotatable bonds is 5. The van der Waals surface area contributed by atoms with Gasteiger partial charge in [-0.2, -0.15) is 9.97 Å². The van der Waals surface area contributed by atoms with Gasteiger partial charge in [-0.25, -0.2) is 4.98 Å². The van der Waals surface area contributed by atoms with Crippen LogP contribution in [0.5, 0.6) is 0 Å². The molecule has 0 saturated heterocycles. The van der Waals surface area contributed by atoms with E-state index in [1.54, 1.807) is 0 Å². The fourth-order valence-electron chi connectivity index (χ4n) is 2.66. The van der Waals surface area contributed by atoms with E-state index in [2.05, 4.69) is 21.9 Å². The van der Waals surface area contributed by atoms with E-state index in [1.165, 1.54) is 12.8 Å². The molecule has 5 heteroatoms. The number of nitrogens with two attached hydrogens (primary N) is 1. The van der Waals surface area contributed by atoms with Gasteiger partial charge in [-0.3, -0.25) is 0 Å². The summed E-state index contributed by atoms with van der Waals surface area (Å²) in [6, 6.07) is 0. The van der Waals surface area contributed by atoms with Crippen molar-refractivity contribution in [3.63, 3.8) is 0 Å². The van der Waals surface area contributed by atoms with Gasteiger partial charge in [0, 0.05) is 12.5 Å². The summed E-state index contributed by atoms with van der Waals surface area (Å²) in [6.07, 6.45) is 5.62. The van der Waals surface area contributed by atoms with Crippen molar-refractivity contribution in [2.24, 2.45) is 0 Å². The standard InChI is InChI=1S/C14H24N4O/c1-4-14(3,19-5-2)12-16-11(17-13(15)18-12)10-8-6-7-9-10/h10H,4-9H2,1-3H3,(H2,15,16,17,18). The van der Waals surface area contributed by atoms with Gasteiger partial charge >= 0.3 is 0 Å². The lowest BCUT2D eigenvalue weighted by Crippen LogP contribution is -2.29. The predicted octanol–water partition coefficient (Wildman–Crippen LogP) is 2.77. The van der Waals surface area contributed by atoms with Gasteiger partial charge in [0.05, 0.1) is 0 Å². The Hall–Kier alpha value is -1.23. The molecule has 5 nitrogen and oxygen atoms in total. The Kier molecular flexibility index (Phi) is 4.34. The minimum Gasteiger partial charge on any atom is -0.368 e. The van der Waals surface area contributed by atoms with E-state index in [-0.39, 0.29) is 0 Å². The highest BCUT2D eigenvalue weighted by Gasteiger charge is 2.31. The summed E-state index contributed by atoms with van der Waals surface area (Å²) in [5.74, 6) is 2.27. The van der Waals surface area contributed by atoms with Crippen molar-refractivity contribution in [2.45, 2.75) is 64.4 Å². The van der Waals surface area contributed by atoms with Crippen LogP contribution >= 0.6 is 0 Å². The SMILES string of the molecule is CCOC(C)(CC)c1nc(N)nc(C2CCCC2)n1. The molecule has 0 aliphatic heterocycles. The molecule has 1 atom stereocenters. The maximum atomic E-state index is 5.86. The highest BCUT2D eigenvalue weighted by atomic mass is 16.5. The molecule has 1 aliphatic rings. The fraction of sp³-hybridized carbons (Fsp3) is 0.786. The van der Waals surface area contributed by atoms with Gasteiger partial charge in [0.15, 0.2) is 5.82 Å². The van der Waals surface area contributed by atoms with Crippen LogP contribution in [0.4, 0.5) is 5.95 Å². The molecule has 106 valence electrons. The van der Waals surface area contributed by atoms with E-state index in [4.69, 9.17) is 10.5 Å². The van der Waals surface area contributed by atoms with E-state index in [0.29, 0.717) is 24.3 Å². The maximum Gasteiger partial charge on any atom is 0.223 e. The summed E-state index contributed by atoms with van der Waals surface area (Å²) in [4.78, 5) is 13.3. The van der Waals surface area contributed by atoms with E-state index >= 15 is 0 Å². The molecule has 1 aromatic rings. The summed E-state index contributed by atoms with van der Waals surface area (Å²) in [6.45, 7) is 6.71. The van der Waals surface area contributed by atoms with Crippen LogP contribution in [0.3, 0.4) is 0 Å². The minimum atomic E-state index is -0.473. The van der Waals surface area contributed by atoms with Gasteiger partial charge < -0.3 is 10.5 Å². The van der Waals surface area contributed by atoms with Gasteiger partial charge in [0.2, 0.25) is 5.95 Å². The van der Waals surface area contributed by atoms with Crippen LogP contribution in [0.2, 0.25) is 0 Å². The Morgan fingerprint density at radius 2 is 1.89 bits per heavy atom. The van der Waals surface area contributed by atoms with E-state index in [1.807, 2.05) is 13.8 Å². The van der Waals surface area contributed by atoms with Crippen LogP contribution in [0.1, 0.15) is 70.4 Å². The molecule has 19 heavy (non-hydrogen) atoms. The Labute approximate surface area is 115 Å². The second-order valence-corrected chi connectivity index (χ2v) is 5.37. The number of ether oxygens (including phenoxy) is 1. The molecule has 1 aliphatic carbocycles. The Bertz CT molecular complexity index is 431. The predicted molar refractivity (Wildman–Crippen MR) is 74.7 cm³/mol. The normalized spacial score (nSPS) is 19.5. The first kappa shape index (κ1) is 14.2. The molecule has 0 spiro atoms. The van der Waals surface area contributed by atoms with Gasteiger partial charge in [0.25, 0.3) is 0 Å². The molecule has 0 amide bonds. The average Bonchev–Trinajstić information content (AvgIpc) is 2.92. The molecular formula is C14H24N4O. The molecule has 1 unspecified atom stereocenters. The van der Waals surface area contributed by atoms with Crippen molar-refractivity contribution in [3.05, 3.63) is 11.6 Å². The molecule has 1 saturated carbocycles. The average molecular weight is 264 g/mol. The lowest BCUT2D eigenvalue weighted by Gasteiger charge is -2.27. The van der Waals surface area contributed by atoms with Crippen LogP contribution < -0.4 is 5.73 Å².